The minimum Gasteiger partial charge on any atom is -0.465 e. The van der Waals surface area contributed by atoms with E-state index in [0.717, 1.165) is 0 Å². The van der Waals surface area contributed by atoms with E-state index in [1.165, 1.54) is 13.2 Å². The van der Waals surface area contributed by atoms with Gasteiger partial charge in [-0.05, 0) is 28.1 Å². The smallest absolute Gasteiger partial charge is 0.338 e. The Morgan fingerprint density at radius 2 is 2.33 bits per heavy atom. The van der Waals surface area contributed by atoms with E-state index in [2.05, 4.69) is 25.7 Å². The number of H-pyrrole nitrogens is 1. The molecular formula is C10H7BrFNO2. The maximum absolute atomic E-state index is 13.5. The van der Waals surface area contributed by atoms with Crippen molar-refractivity contribution in [1.29, 1.82) is 0 Å². The Bertz CT molecular complexity index is 535. The first-order chi connectivity index (χ1) is 7.15. The predicted octanol–water partition coefficient (Wildman–Crippen LogP) is 2.86. The predicted molar refractivity (Wildman–Crippen MR) is 57.3 cm³/mol. The maximum atomic E-state index is 13.5. The highest BCUT2D eigenvalue weighted by atomic mass is 79.9. The highest BCUT2D eigenvalue weighted by Crippen LogP contribution is 2.27. The third-order valence-electron chi connectivity index (χ3n) is 2.14. The SMILES string of the molecule is COC(=O)c1cc(Br)c(F)c2[nH]ccc12. The lowest BCUT2D eigenvalue weighted by atomic mass is 10.1. The molecule has 0 aliphatic rings. The monoisotopic (exact) mass is 271 g/mol. The summed E-state index contributed by atoms with van der Waals surface area (Å²) >= 11 is 3.05. The second kappa shape index (κ2) is 3.66. The van der Waals surface area contributed by atoms with Crippen molar-refractivity contribution in [3.05, 3.63) is 34.2 Å². The summed E-state index contributed by atoms with van der Waals surface area (Å²) in [4.78, 5) is 14.1. The van der Waals surface area contributed by atoms with Crippen LogP contribution in [0.2, 0.25) is 0 Å². The molecule has 0 atom stereocenters. The van der Waals surface area contributed by atoms with Crippen molar-refractivity contribution >= 4 is 32.8 Å². The lowest BCUT2D eigenvalue weighted by Gasteiger charge is -2.03. The van der Waals surface area contributed by atoms with E-state index in [-0.39, 0.29) is 4.47 Å². The molecule has 2 aromatic rings. The summed E-state index contributed by atoms with van der Waals surface area (Å²) in [6, 6.07) is 3.05. The van der Waals surface area contributed by atoms with Crippen molar-refractivity contribution in [3.63, 3.8) is 0 Å². The van der Waals surface area contributed by atoms with Gasteiger partial charge >= 0.3 is 5.97 Å². The molecule has 1 heterocycles. The van der Waals surface area contributed by atoms with Gasteiger partial charge in [0.15, 0.2) is 5.82 Å². The summed E-state index contributed by atoms with van der Waals surface area (Å²) in [5.74, 6) is -0.900. The van der Waals surface area contributed by atoms with Crippen molar-refractivity contribution < 1.29 is 13.9 Å². The van der Waals surface area contributed by atoms with E-state index in [9.17, 15) is 9.18 Å². The van der Waals surface area contributed by atoms with Crippen LogP contribution in [0.5, 0.6) is 0 Å². The van der Waals surface area contributed by atoms with E-state index >= 15 is 0 Å². The Morgan fingerprint density at radius 1 is 1.60 bits per heavy atom. The van der Waals surface area contributed by atoms with Gasteiger partial charge in [-0.2, -0.15) is 0 Å². The van der Waals surface area contributed by atoms with Crippen LogP contribution in [-0.4, -0.2) is 18.1 Å². The number of hydrogen-bond acceptors (Lipinski definition) is 2. The molecule has 1 aromatic carbocycles. The number of rotatable bonds is 1. The molecule has 3 nitrogen and oxygen atoms in total. The lowest BCUT2D eigenvalue weighted by molar-refractivity contribution is 0.0603. The maximum Gasteiger partial charge on any atom is 0.338 e. The van der Waals surface area contributed by atoms with Crippen molar-refractivity contribution in [2.24, 2.45) is 0 Å². The third kappa shape index (κ3) is 1.52. The fraction of sp³-hybridized carbons (Fsp3) is 0.100. The van der Waals surface area contributed by atoms with Crippen LogP contribution in [0.1, 0.15) is 10.4 Å². The molecule has 0 fully saturated rings. The average Bonchev–Trinajstić information content (AvgIpc) is 2.71. The van der Waals surface area contributed by atoms with Gasteiger partial charge in [0, 0.05) is 11.6 Å². The summed E-state index contributed by atoms with van der Waals surface area (Å²) in [6.07, 6.45) is 1.58. The number of aromatic nitrogens is 1. The minimum atomic E-state index is -0.486. The summed E-state index contributed by atoms with van der Waals surface area (Å²) in [7, 11) is 1.29. The van der Waals surface area contributed by atoms with Crippen LogP contribution in [0, 0.1) is 5.82 Å². The Kier molecular flexibility index (Phi) is 2.48. The highest BCUT2D eigenvalue weighted by Gasteiger charge is 2.16. The van der Waals surface area contributed by atoms with Gasteiger partial charge in [0.05, 0.1) is 22.7 Å². The van der Waals surface area contributed by atoms with E-state index < -0.39 is 11.8 Å². The van der Waals surface area contributed by atoms with Crippen LogP contribution in [0.4, 0.5) is 4.39 Å². The molecule has 0 saturated carbocycles. The molecule has 0 unspecified atom stereocenters. The molecule has 0 aliphatic carbocycles. The number of carbonyl (C=O) groups is 1. The van der Waals surface area contributed by atoms with Gasteiger partial charge in [0.2, 0.25) is 0 Å². The Morgan fingerprint density at radius 3 is 3.00 bits per heavy atom. The number of benzene rings is 1. The fourth-order valence-electron chi connectivity index (χ4n) is 1.44. The fourth-order valence-corrected chi connectivity index (χ4v) is 1.87. The first kappa shape index (κ1) is 10.2. The van der Waals surface area contributed by atoms with Crippen LogP contribution in [-0.2, 0) is 4.74 Å². The third-order valence-corrected chi connectivity index (χ3v) is 2.72. The quantitative estimate of drug-likeness (QED) is 0.811. The zero-order chi connectivity index (χ0) is 11.0. The number of methoxy groups -OCH3 is 1. The number of nitrogens with one attached hydrogen (secondary N) is 1. The standard InChI is InChI=1S/C10H7BrFNO2/c1-15-10(14)6-4-7(11)8(12)9-5(6)2-3-13-9/h2-4,13H,1H3. The van der Waals surface area contributed by atoms with Crippen LogP contribution in [0.25, 0.3) is 10.9 Å². The van der Waals surface area contributed by atoms with Crippen molar-refractivity contribution in [1.82, 2.24) is 4.98 Å². The van der Waals surface area contributed by atoms with Crippen LogP contribution in [0.3, 0.4) is 0 Å². The largest absolute Gasteiger partial charge is 0.465 e. The van der Waals surface area contributed by atoms with E-state index in [1.54, 1.807) is 12.3 Å². The van der Waals surface area contributed by atoms with E-state index in [1.807, 2.05) is 0 Å². The molecule has 2 rings (SSSR count). The average molecular weight is 272 g/mol. The molecule has 0 aliphatic heterocycles. The van der Waals surface area contributed by atoms with Gasteiger partial charge in [0.1, 0.15) is 0 Å². The number of hydrogen-bond donors (Lipinski definition) is 1. The zero-order valence-electron chi connectivity index (χ0n) is 7.80. The first-order valence-electron chi connectivity index (χ1n) is 4.18. The number of carbonyl (C=O) groups excluding carboxylic acids is 1. The second-order valence-electron chi connectivity index (χ2n) is 2.98. The normalized spacial score (nSPS) is 10.6. The Hall–Kier alpha value is -1.36. The highest BCUT2D eigenvalue weighted by molar-refractivity contribution is 9.10. The topological polar surface area (TPSA) is 42.1 Å². The van der Waals surface area contributed by atoms with Crippen LogP contribution >= 0.6 is 15.9 Å². The van der Waals surface area contributed by atoms with Gasteiger partial charge < -0.3 is 9.72 Å². The number of halogens is 2. The molecule has 0 saturated heterocycles. The summed E-state index contributed by atoms with van der Waals surface area (Å²) in [5, 5.41) is 0.516. The molecule has 0 amide bonds. The molecule has 0 bridgehead atoms. The van der Waals surface area contributed by atoms with Crippen LogP contribution in [0.15, 0.2) is 22.8 Å². The van der Waals surface area contributed by atoms with Crippen molar-refractivity contribution in [2.75, 3.05) is 7.11 Å². The molecule has 1 N–H and O–H groups in total. The first-order valence-corrected chi connectivity index (χ1v) is 4.98. The molecule has 0 radical (unpaired) electrons. The molecular weight excluding hydrogens is 265 g/mol. The second-order valence-corrected chi connectivity index (χ2v) is 3.83. The number of esters is 1. The summed E-state index contributed by atoms with van der Waals surface area (Å²) < 4.78 is 18.4. The van der Waals surface area contributed by atoms with Gasteiger partial charge in [-0.3, -0.25) is 0 Å². The Balaban J connectivity index is 2.80. The number of fused-ring (bicyclic) bond motifs is 1. The molecule has 78 valence electrons. The van der Waals surface area contributed by atoms with Crippen molar-refractivity contribution in [2.45, 2.75) is 0 Å². The van der Waals surface area contributed by atoms with Gasteiger partial charge in [-0.25, -0.2) is 9.18 Å². The Labute approximate surface area is 93.4 Å². The van der Waals surface area contributed by atoms with Gasteiger partial charge in [0.25, 0.3) is 0 Å². The van der Waals surface area contributed by atoms with Gasteiger partial charge in [-0.1, -0.05) is 0 Å². The number of aromatic amines is 1. The molecule has 0 spiro atoms. The van der Waals surface area contributed by atoms with E-state index in [0.29, 0.717) is 16.5 Å². The summed E-state index contributed by atoms with van der Waals surface area (Å²) in [5.41, 5.74) is 0.631. The lowest BCUT2D eigenvalue weighted by Crippen LogP contribution is -2.02. The molecule has 1 aromatic heterocycles. The van der Waals surface area contributed by atoms with Gasteiger partial charge in [-0.15, -0.1) is 0 Å². The van der Waals surface area contributed by atoms with E-state index in [4.69, 9.17) is 0 Å². The molecule has 5 heteroatoms. The molecule has 15 heavy (non-hydrogen) atoms. The van der Waals surface area contributed by atoms with Crippen LogP contribution < -0.4 is 0 Å². The van der Waals surface area contributed by atoms with Crippen molar-refractivity contribution in [3.8, 4) is 0 Å². The summed E-state index contributed by atoms with van der Waals surface area (Å²) in [6.45, 7) is 0. The number of ether oxygens (including phenoxy) is 1. The minimum absolute atomic E-state index is 0.234. The zero-order valence-corrected chi connectivity index (χ0v) is 9.39.